The number of rotatable bonds is 4. The van der Waals surface area contributed by atoms with Crippen molar-refractivity contribution in [2.75, 3.05) is 5.32 Å². The van der Waals surface area contributed by atoms with Crippen LogP contribution in [-0.2, 0) is 0 Å². The SMILES string of the molecule is CC(C)(C)C1CCC(Nc2cc3cc(C(=O)NC45CCC(CC4)CC5)ccc3cn2)CC1. The molecular formula is C28H39N3O. The zero-order chi connectivity index (χ0) is 22.3. The molecule has 0 aliphatic heterocycles. The van der Waals surface area contributed by atoms with Crippen LogP contribution in [-0.4, -0.2) is 22.5 Å². The van der Waals surface area contributed by atoms with E-state index in [0.29, 0.717) is 11.5 Å². The van der Waals surface area contributed by atoms with E-state index in [2.05, 4.69) is 42.5 Å². The van der Waals surface area contributed by atoms with E-state index in [0.717, 1.165) is 53.3 Å². The van der Waals surface area contributed by atoms with E-state index in [1.807, 2.05) is 24.4 Å². The van der Waals surface area contributed by atoms with Crippen molar-refractivity contribution in [2.24, 2.45) is 17.3 Å². The molecule has 32 heavy (non-hydrogen) atoms. The van der Waals surface area contributed by atoms with E-state index in [1.165, 1.54) is 44.9 Å². The normalized spacial score (nSPS) is 30.3. The fourth-order valence-corrected chi connectivity index (χ4v) is 6.42. The topological polar surface area (TPSA) is 54.0 Å². The van der Waals surface area contributed by atoms with E-state index < -0.39 is 0 Å². The van der Waals surface area contributed by atoms with Gasteiger partial charge in [-0.05, 0) is 105 Å². The van der Waals surface area contributed by atoms with Gasteiger partial charge in [-0.1, -0.05) is 26.8 Å². The number of pyridine rings is 1. The van der Waals surface area contributed by atoms with Gasteiger partial charge in [0.1, 0.15) is 5.82 Å². The Bertz CT molecular complexity index is 962. The van der Waals surface area contributed by atoms with Gasteiger partial charge in [-0.2, -0.15) is 0 Å². The molecule has 0 spiro atoms. The van der Waals surface area contributed by atoms with Crippen molar-refractivity contribution < 1.29 is 4.79 Å². The number of anilines is 1. The molecule has 4 nitrogen and oxygen atoms in total. The van der Waals surface area contributed by atoms with Crippen molar-refractivity contribution in [2.45, 2.75) is 96.6 Å². The first-order valence-corrected chi connectivity index (χ1v) is 12.8. The Kier molecular flexibility index (Phi) is 5.67. The summed E-state index contributed by atoms with van der Waals surface area (Å²) in [7, 11) is 0. The highest BCUT2D eigenvalue weighted by molar-refractivity contribution is 5.99. The molecule has 0 saturated heterocycles. The summed E-state index contributed by atoms with van der Waals surface area (Å²) in [6.07, 6.45) is 14.2. The number of carbonyl (C=O) groups excluding carboxylic acids is 1. The number of hydrogen-bond donors (Lipinski definition) is 2. The number of nitrogens with zero attached hydrogens (tertiary/aromatic N) is 1. The van der Waals surface area contributed by atoms with Gasteiger partial charge in [0.2, 0.25) is 0 Å². The van der Waals surface area contributed by atoms with Crippen LogP contribution >= 0.6 is 0 Å². The molecular weight excluding hydrogens is 394 g/mol. The smallest absolute Gasteiger partial charge is 0.251 e. The lowest BCUT2D eigenvalue weighted by Gasteiger charge is -2.47. The van der Waals surface area contributed by atoms with Crippen LogP contribution in [0.1, 0.15) is 95.3 Å². The lowest BCUT2D eigenvalue weighted by molar-refractivity contribution is 0.0714. The summed E-state index contributed by atoms with van der Waals surface area (Å²) in [6, 6.07) is 8.63. The highest BCUT2D eigenvalue weighted by Crippen LogP contribution is 2.44. The van der Waals surface area contributed by atoms with Crippen LogP contribution in [0.15, 0.2) is 30.5 Å². The summed E-state index contributed by atoms with van der Waals surface area (Å²) < 4.78 is 0. The lowest BCUT2D eigenvalue weighted by Crippen LogP contribution is -2.53. The average Bonchev–Trinajstić information content (AvgIpc) is 2.79. The largest absolute Gasteiger partial charge is 0.367 e. The molecule has 4 aliphatic carbocycles. The van der Waals surface area contributed by atoms with Gasteiger partial charge in [-0.25, -0.2) is 4.98 Å². The zero-order valence-electron chi connectivity index (χ0n) is 20.0. The van der Waals surface area contributed by atoms with Crippen LogP contribution in [0.3, 0.4) is 0 Å². The molecule has 1 aromatic heterocycles. The molecule has 1 aromatic carbocycles. The van der Waals surface area contributed by atoms with Gasteiger partial charge in [0.25, 0.3) is 5.91 Å². The predicted molar refractivity (Wildman–Crippen MR) is 132 cm³/mol. The predicted octanol–water partition coefficient (Wildman–Crippen LogP) is 6.70. The number of amides is 1. The monoisotopic (exact) mass is 433 g/mol. The Morgan fingerprint density at radius 3 is 2.28 bits per heavy atom. The molecule has 0 radical (unpaired) electrons. The van der Waals surface area contributed by atoms with Crippen LogP contribution in [0.2, 0.25) is 0 Å². The van der Waals surface area contributed by atoms with Gasteiger partial charge in [0.05, 0.1) is 0 Å². The van der Waals surface area contributed by atoms with Crippen LogP contribution in [0, 0.1) is 17.3 Å². The summed E-state index contributed by atoms with van der Waals surface area (Å²) in [5.41, 5.74) is 1.21. The fourth-order valence-electron chi connectivity index (χ4n) is 6.42. The van der Waals surface area contributed by atoms with Crippen molar-refractivity contribution in [1.29, 1.82) is 0 Å². The molecule has 2 aromatic rings. The average molecular weight is 434 g/mol. The number of nitrogens with one attached hydrogen (secondary N) is 2. The third kappa shape index (κ3) is 4.51. The van der Waals surface area contributed by atoms with Crippen LogP contribution in [0.25, 0.3) is 10.8 Å². The first-order chi connectivity index (χ1) is 15.3. The van der Waals surface area contributed by atoms with Crippen molar-refractivity contribution in [1.82, 2.24) is 10.3 Å². The van der Waals surface area contributed by atoms with Crippen molar-refractivity contribution in [3.63, 3.8) is 0 Å². The van der Waals surface area contributed by atoms with Crippen LogP contribution in [0.5, 0.6) is 0 Å². The standard InChI is InChI=1S/C28H39N3O/c1-27(2,3)23-6-8-24(9-7-23)30-25-17-22-16-20(4-5-21(22)18-29-25)26(32)31-28-13-10-19(11-14-28)12-15-28/h4-5,16-19,23-24H,6-15H2,1-3H3,(H,29,30)(H,31,32). The minimum absolute atomic E-state index is 0.0393. The molecule has 4 fully saturated rings. The first-order valence-electron chi connectivity index (χ1n) is 12.8. The minimum atomic E-state index is 0.0393. The second-order valence-electron chi connectivity index (χ2n) is 11.9. The lowest BCUT2D eigenvalue weighted by atomic mass is 9.66. The molecule has 4 heteroatoms. The maximum absolute atomic E-state index is 13.1. The maximum Gasteiger partial charge on any atom is 0.251 e. The molecule has 2 N–H and O–H groups in total. The molecule has 2 bridgehead atoms. The first kappa shape index (κ1) is 21.7. The second kappa shape index (κ2) is 8.35. The van der Waals surface area contributed by atoms with E-state index >= 15 is 0 Å². The third-order valence-electron chi connectivity index (χ3n) is 8.76. The third-order valence-corrected chi connectivity index (χ3v) is 8.76. The van der Waals surface area contributed by atoms with Gasteiger partial charge in [-0.3, -0.25) is 4.79 Å². The summed E-state index contributed by atoms with van der Waals surface area (Å²) >= 11 is 0. The number of carbonyl (C=O) groups is 1. The Morgan fingerprint density at radius 2 is 1.62 bits per heavy atom. The van der Waals surface area contributed by atoms with Crippen LogP contribution in [0.4, 0.5) is 5.82 Å². The Labute approximate surface area is 193 Å². The molecule has 172 valence electrons. The van der Waals surface area contributed by atoms with E-state index in [4.69, 9.17) is 0 Å². The molecule has 0 unspecified atom stereocenters. The quantitative estimate of drug-likeness (QED) is 0.564. The van der Waals surface area contributed by atoms with E-state index in [9.17, 15) is 4.79 Å². The van der Waals surface area contributed by atoms with Crippen molar-refractivity contribution in [3.8, 4) is 0 Å². The molecule has 1 heterocycles. The maximum atomic E-state index is 13.1. The number of hydrogen-bond acceptors (Lipinski definition) is 3. The molecule has 0 atom stereocenters. The van der Waals surface area contributed by atoms with Crippen LogP contribution < -0.4 is 10.6 Å². The Morgan fingerprint density at radius 1 is 0.938 bits per heavy atom. The van der Waals surface area contributed by atoms with Crippen molar-refractivity contribution in [3.05, 3.63) is 36.0 Å². The van der Waals surface area contributed by atoms with Gasteiger partial charge in [0.15, 0.2) is 0 Å². The Hall–Kier alpha value is -2.10. The van der Waals surface area contributed by atoms with Gasteiger partial charge in [-0.15, -0.1) is 0 Å². The highest BCUT2D eigenvalue weighted by atomic mass is 16.1. The summed E-state index contributed by atoms with van der Waals surface area (Å²) in [5, 5.41) is 9.27. The van der Waals surface area contributed by atoms with Gasteiger partial charge >= 0.3 is 0 Å². The summed E-state index contributed by atoms with van der Waals surface area (Å²) in [6.45, 7) is 7.09. The molecule has 1 amide bonds. The molecule has 4 saturated carbocycles. The number of aromatic nitrogens is 1. The highest BCUT2D eigenvalue weighted by Gasteiger charge is 2.41. The van der Waals surface area contributed by atoms with Crippen molar-refractivity contribution >= 4 is 22.5 Å². The molecule has 6 rings (SSSR count). The zero-order valence-corrected chi connectivity index (χ0v) is 20.0. The number of fused-ring (bicyclic) bond motifs is 4. The molecule has 4 aliphatic rings. The fraction of sp³-hybridized carbons (Fsp3) is 0.643. The number of benzene rings is 1. The van der Waals surface area contributed by atoms with E-state index in [1.54, 1.807) is 0 Å². The van der Waals surface area contributed by atoms with Gasteiger partial charge in [0, 0.05) is 28.7 Å². The Balaban J connectivity index is 1.26. The second-order valence-corrected chi connectivity index (χ2v) is 11.9. The summed E-state index contributed by atoms with van der Waals surface area (Å²) in [4.78, 5) is 17.8. The summed E-state index contributed by atoms with van der Waals surface area (Å²) in [5.74, 6) is 2.72. The van der Waals surface area contributed by atoms with Gasteiger partial charge < -0.3 is 10.6 Å². The minimum Gasteiger partial charge on any atom is -0.367 e. The van der Waals surface area contributed by atoms with E-state index in [-0.39, 0.29) is 11.4 Å².